The summed E-state index contributed by atoms with van der Waals surface area (Å²) in [4.78, 5) is 26.8. The van der Waals surface area contributed by atoms with Crippen LogP contribution in [0.5, 0.6) is 0 Å². The number of carbonyl (C=O) groups is 2. The molecule has 0 N–H and O–H groups in total. The van der Waals surface area contributed by atoms with Crippen LogP contribution < -0.4 is 0 Å². The van der Waals surface area contributed by atoms with Gasteiger partial charge < -0.3 is 9.64 Å². The van der Waals surface area contributed by atoms with Crippen molar-refractivity contribution in [2.24, 2.45) is 5.92 Å². The molecule has 4 nitrogen and oxygen atoms in total. The van der Waals surface area contributed by atoms with E-state index in [1.807, 2.05) is 20.8 Å². The Morgan fingerprint density at radius 1 is 1.12 bits per heavy atom. The number of hydrogen-bond acceptors (Lipinski definition) is 3. The maximum atomic E-state index is 13.9. The number of piperidine rings is 1. The topological polar surface area (TPSA) is 46.6 Å². The molecular formula is C19H23F2NO3. The molecule has 1 amide bonds. The van der Waals surface area contributed by atoms with Crippen molar-refractivity contribution in [1.82, 2.24) is 4.90 Å². The average Bonchev–Trinajstić information content (AvgIpc) is 2.75. The second-order valence-corrected chi connectivity index (χ2v) is 7.93. The Kier molecular flexibility index (Phi) is 4.56. The normalized spacial score (nSPS) is 25.8. The summed E-state index contributed by atoms with van der Waals surface area (Å²) in [5.74, 6) is -2.19. The van der Waals surface area contributed by atoms with Gasteiger partial charge in [0.05, 0.1) is 5.56 Å². The molecule has 0 saturated carbocycles. The van der Waals surface area contributed by atoms with Crippen LogP contribution in [0, 0.1) is 17.6 Å². The minimum Gasteiger partial charge on any atom is -0.444 e. The van der Waals surface area contributed by atoms with E-state index in [4.69, 9.17) is 4.74 Å². The van der Waals surface area contributed by atoms with Crippen LogP contribution in [0.3, 0.4) is 0 Å². The maximum absolute atomic E-state index is 13.9. The van der Waals surface area contributed by atoms with Crippen LogP contribution in [0.2, 0.25) is 0 Å². The van der Waals surface area contributed by atoms with Gasteiger partial charge in [-0.1, -0.05) is 0 Å². The molecule has 136 valence electrons. The van der Waals surface area contributed by atoms with Crippen LogP contribution in [0.1, 0.15) is 56.8 Å². The van der Waals surface area contributed by atoms with Gasteiger partial charge >= 0.3 is 6.09 Å². The molecule has 2 fully saturated rings. The summed E-state index contributed by atoms with van der Waals surface area (Å²) in [7, 11) is 0. The summed E-state index contributed by atoms with van der Waals surface area (Å²) >= 11 is 0. The molecule has 0 aliphatic carbocycles. The van der Waals surface area contributed by atoms with Crippen LogP contribution in [-0.4, -0.2) is 34.5 Å². The molecule has 0 aromatic heterocycles. The van der Waals surface area contributed by atoms with Gasteiger partial charge in [-0.15, -0.1) is 0 Å². The van der Waals surface area contributed by atoms with Gasteiger partial charge in [-0.2, -0.15) is 0 Å². The molecular weight excluding hydrogens is 328 g/mol. The number of halogens is 2. The van der Waals surface area contributed by atoms with Crippen molar-refractivity contribution in [2.75, 3.05) is 0 Å². The van der Waals surface area contributed by atoms with Gasteiger partial charge in [0.15, 0.2) is 5.78 Å². The summed E-state index contributed by atoms with van der Waals surface area (Å²) in [6.45, 7) is 5.46. The first-order chi connectivity index (χ1) is 11.7. The quantitative estimate of drug-likeness (QED) is 0.745. The van der Waals surface area contributed by atoms with Crippen molar-refractivity contribution in [3.8, 4) is 0 Å². The molecule has 2 atom stereocenters. The minimum absolute atomic E-state index is 0.0638. The maximum Gasteiger partial charge on any atom is 0.410 e. The summed E-state index contributed by atoms with van der Waals surface area (Å²) < 4.78 is 32.4. The molecule has 2 aliphatic rings. The molecule has 2 unspecified atom stereocenters. The van der Waals surface area contributed by atoms with Gasteiger partial charge in [0.25, 0.3) is 0 Å². The number of nitrogens with zero attached hydrogens (tertiary/aromatic N) is 1. The number of rotatable bonds is 2. The van der Waals surface area contributed by atoms with Crippen molar-refractivity contribution < 1.29 is 23.1 Å². The fraction of sp³-hybridized carbons (Fsp3) is 0.579. The fourth-order valence-corrected chi connectivity index (χ4v) is 3.91. The Morgan fingerprint density at radius 2 is 1.72 bits per heavy atom. The molecule has 2 bridgehead atoms. The highest BCUT2D eigenvalue weighted by Crippen LogP contribution is 2.40. The van der Waals surface area contributed by atoms with Gasteiger partial charge in [0.2, 0.25) is 0 Å². The largest absolute Gasteiger partial charge is 0.444 e. The monoisotopic (exact) mass is 351 g/mol. The number of ether oxygens (including phenoxy) is 1. The van der Waals surface area contributed by atoms with E-state index in [1.54, 1.807) is 4.90 Å². The molecule has 2 saturated heterocycles. The van der Waals surface area contributed by atoms with E-state index in [0.29, 0.717) is 12.8 Å². The lowest BCUT2D eigenvalue weighted by molar-refractivity contribution is 0.00250. The Balaban J connectivity index is 1.73. The van der Waals surface area contributed by atoms with Crippen molar-refractivity contribution in [1.29, 1.82) is 0 Å². The van der Waals surface area contributed by atoms with Crippen molar-refractivity contribution >= 4 is 11.9 Å². The third-order valence-corrected chi connectivity index (χ3v) is 4.90. The van der Waals surface area contributed by atoms with Crippen LogP contribution in [0.15, 0.2) is 18.2 Å². The lowest BCUT2D eigenvalue weighted by atomic mass is 9.84. The molecule has 2 aliphatic heterocycles. The fourth-order valence-electron chi connectivity index (χ4n) is 3.91. The Hall–Kier alpha value is -1.98. The smallest absolute Gasteiger partial charge is 0.410 e. The summed E-state index contributed by atoms with van der Waals surface area (Å²) in [5.41, 5.74) is -0.642. The van der Waals surface area contributed by atoms with Crippen LogP contribution in [0.4, 0.5) is 13.6 Å². The van der Waals surface area contributed by atoms with Crippen molar-refractivity contribution in [2.45, 2.75) is 64.1 Å². The lowest BCUT2D eigenvalue weighted by Crippen LogP contribution is -2.49. The molecule has 0 spiro atoms. The predicted molar refractivity (Wildman–Crippen MR) is 88.3 cm³/mol. The summed E-state index contributed by atoms with van der Waals surface area (Å²) in [5, 5.41) is 0. The summed E-state index contributed by atoms with van der Waals surface area (Å²) in [6.07, 6.45) is 2.27. The molecule has 1 aromatic rings. The molecule has 2 heterocycles. The zero-order chi connectivity index (χ0) is 18.4. The standard InChI is InChI=1S/C19H23F2NO3/c1-19(2,3)25-18(24)22-13-5-6-14(22)9-11(8-13)17(23)15-7-4-12(20)10-16(15)21/h4,7,10-11,13-14H,5-6,8-9H2,1-3H3. The molecule has 0 radical (unpaired) electrons. The van der Waals surface area contributed by atoms with E-state index < -0.39 is 17.2 Å². The Bertz CT molecular complexity index is 684. The van der Waals surface area contributed by atoms with E-state index in [9.17, 15) is 18.4 Å². The van der Waals surface area contributed by atoms with Crippen LogP contribution in [0.25, 0.3) is 0 Å². The lowest BCUT2D eigenvalue weighted by Gasteiger charge is -2.39. The highest BCUT2D eigenvalue weighted by atomic mass is 19.1. The summed E-state index contributed by atoms with van der Waals surface area (Å²) in [6, 6.07) is 2.91. The van der Waals surface area contributed by atoms with Crippen LogP contribution in [-0.2, 0) is 4.74 Å². The molecule has 6 heteroatoms. The third-order valence-electron chi connectivity index (χ3n) is 4.90. The average molecular weight is 351 g/mol. The Labute approximate surface area is 146 Å². The number of carbonyl (C=O) groups excluding carboxylic acids is 2. The van der Waals surface area contributed by atoms with E-state index in [-0.39, 0.29) is 35.4 Å². The first-order valence-electron chi connectivity index (χ1n) is 8.66. The van der Waals surface area contributed by atoms with Gasteiger partial charge in [0.1, 0.15) is 17.2 Å². The van der Waals surface area contributed by atoms with Crippen molar-refractivity contribution in [3.63, 3.8) is 0 Å². The zero-order valence-electron chi connectivity index (χ0n) is 14.7. The number of Topliss-reactive ketones (excluding diaryl/α,β-unsaturated/α-hetero) is 1. The first-order valence-corrected chi connectivity index (χ1v) is 8.66. The Morgan fingerprint density at radius 3 is 2.24 bits per heavy atom. The third kappa shape index (κ3) is 3.67. The number of hydrogen-bond donors (Lipinski definition) is 0. The second kappa shape index (κ2) is 6.39. The van der Waals surface area contributed by atoms with Crippen molar-refractivity contribution in [3.05, 3.63) is 35.4 Å². The zero-order valence-corrected chi connectivity index (χ0v) is 14.7. The van der Waals surface area contributed by atoms with E-state index in [0.717, 1.165) is 25.0 Å². The minimum atomic E-state index is -0.827. The van der Waals surface area contributed by atoms with Gasteiger partial charge in [-0.25, -0.2) is 13.6 Å². The number of benzene rings is 1. The molecule has 3 rings (SSSR count). The van der Waals surface area contributed by atoms with Gasteiger partial charge in [-0.3, -0.25) is 4.79 Å². The number of amides is 1. The van der Waals surface area contributed by atoms with E-state index in [2.05, 4.69) is 0 Å². The van der Waals surface area contributed by atoms with Crippen LogP contribution >= 0.6 is 0 Å². The number of ketones is 1. The SMILES string of the molecule is CC(C)(C)OC(=O)N1C2CCC1CC(C(=O)c1ccc(F)cc1F)C2. The number of fused-ring (bicyclic) bond motifs is 2. The molecule has 1 aromatic carbocycles. The highest BCUT2D eigenvalue weighted by Gasteiger charge is 2.46. The van der Waals surface area contributed by atoms with E-state index in [1.165, 1.54) is 6.07 Å². The van der Waals surface area contributed by atoms with Gasteiger partial charge in [-0.05, 0) is 58.6 Å². The highest BCUT2D eigenvalue weighted by molar-refractivity contribution is 5.98. The van der Waals surface area contributed by atoms with E-state index >= 15 is 0 Å². The molecule has 25 heavy (non-hydrogen) atoms. The second-order valence-electron chi connectivity index (χ2n) is 7.93. The predicted octanol–water partition coefficient (Wildman–Crippen LogP) is 4.33. The van der Waals surface area contributed by atoms with Gasteiger partial charge in [0, 0.05) is 24.1 Å². The first kappa shape index (κ1) is 17.8.